The van der Waals surface area contributed by atoms with Crippen LogP contribution in [0.4, 0.5) is 16.2 Å². The van der Waals surface area contributed by atoms with Crippen LogP contribution in [0.1, 0.15) is 10.4 Å². The molecule has 1 aromatic heterocycles. The summed E-state index contributed by atoms with van der Waals surface area (Å²) >= 11 is 0. The molecule has 3 aromatic carbocycles. The molecule has 9 heteroatoms. The topological polar surface area (TPSA) is 116 Å². The third kappa shape index (κ3) is 4.79. The van der Waals surface area contributed by atoms with Crippen LogP contribution in [-0.2, 0) is 0 Å². The number of urea groups is 1. The fourth-order valence-electron chi connectivity index (χ4n) is 3.64. The van der Waals surface area contributed by atoms with Gasteiger partial charge in [0.2, 0.25) is 5.88 Å². The average molecular weight is 473 g/mol. The Morgan fingerprint density at radius 3 is 2.29 bits per heavy atom. The van der Waals surface area contributed by atoms with Crippen LogP contribution in [0.5, 0.6) is 23.1 Å². The number of ether oxygens (including phenoxy) is 3. The zero-order valence-corrected chi connectivity index (χ0v) is 19.4. The second-order valence-corrected chi connectivity index (χ2v) is 7.42. The lowest BCUT2D eigenvalue weighted by molar-refractivity contribution is 0.0959. The maximum absolute atomic E-state index is 12.5. The Hall–Kier alpha value is -4.79. The van der Waals surface area contributed by atoms with Crippen LogP contribution in [0.2, 0.25) is 0 Å². The maximum Gasteiger partial charge on any atom is 0.324 e. The van der Waals surface area contributed by atoms with Crippen molar-refractivity contribution in [2.45, 2.75) is 0 Å². The molecule has 35 heavy (non-hydrogen) atoms. The van der Waals surface area contributed by atoms with E-state index in [1.165, 1.54) is 19.1 Å². The van der Waals surface area contributed by atoms with E-state index in [0.717, 1.165) is 10.9 Å². The van der Waals surface area contributed by atoms with E-state index in [2.05, 4.69) is 10.3 Å². The number of primary amides is 1. The largest absolute Gasteiger partial charge is 0.496 e. The number of benzene rings is 3. The van der Waals surface area contributed by atoms with Crippen molar-refractivity contribution in [1.82, 2.24) is 10.3 Å². The van der Waals surface area contributed by atoms with Crippen LogP contribution in [0.25, 0.3) is 10.9 Å². The molecule has 4 aromatic rings. The standard InChI is InChI=1S/C26H24N4O5/c1-28-24(31)20-15-19(12-13-23(20)33-2)35-18-10-8-17(9-11-18)30(26(27)32)22-14-16-6-4-5-7-21(16)29-25(22)34-3/h4-15H,1-3H3,(H2,27,32)(H,28,31). The van der Waals surface area contributed by atoms with Crippen LogP contribution in [0.3, 0.4) is 0 Å². The molecule has 178 valence electrons. The first-order valence-corrected chi connectivity index (χ1v) is 10.7. The van der Waals surface area contributed by atoms with Crippen LogP contribution >= 0.6 is 0 Å². The first kappa shape index (κ1) is 23.4. The molecule has 0 aliphatic rings. The predicted octanol–water partition coefficient (Wildman–Crippen LogP) is 4.62. The molecular weight excluding hydrogens is 448 g/mol. The van der Waals surface area contributed by atoms with Crippen molar-refractivity contribution in [2.24, 2.45) is 5.73 Å². The summed E-state index contributed by atoms with van der Waals surface area (Å²) in [6, 6.07) is 20.3. The van der Waals surface area contributed by atoms with Crippen molar-refractivity contribution in [3.63, 3.8) is 0 Å². The summed E-state index contributed by atoms with van der Waals surface area (Å²) in [7, 11) is 4.52. The molecule has 0 unspecified atom stereocenters. The number of fused-ring (bicyclic) bond motifs is 1. The van der Waals surface area contributed by atoms with Gasteiger partial charge in [-0.15, -0.1) is 0 Å². The monoisotopic (exact) mass is 472 g/mol. The van der Waals surface area contributed by atoms with E-state index in [1.807, 2.05) is 24.3 Å². The average Bonchev–Trinajstić information content (AvgIpc) is 2.88. The molecule has 4 rings (SSSR count). The molecule has 0 aliphatic heterocycles. The maximum atomic E-state index is 12.5. The molecule has 0 bridgehead atoms. The van der Waals surface area contributed by atoms with Crippen molar-refractivity contribution in [1.29, 1.82) is 0 Å². The lowest BCUT2D eigenvalue weighted by Crippen LogP contribution is -2.31. The van der Waals surface area contributed by atoms with Gasteiger partial charge in [0.05, 0.1) is 31.0 Å². The van der Waals surface area contributed by atoms with E-state index < -0.39 is 6.03 Å². The van der Waals surface area contributed by atoms with Gasteiger partial charge in [-0.05, 0) is 54.6 Å². The summed E-state index contributed by atoms with van der Waals surface area (Å²) in [5, 5.41) is 3.41. The normalized spacial score (nSPS) is 10.5. The van der Waals surface area contributed by atoms with E-state index >= 15 is 0 Å². The van der Waals surface area contributed by atoms with Crippen molar-refractivity contribution in [2.75, 3.05) is 26.2 Å². The van der Waals surface area contributed by atoms with Crippen LogP contribution in [-0.4, -0.2) is 38.2 Å². The first-order chi connectivity index (χ1) is 16.9. The zero-order chi connectivity index (χ0) is 24.9. The van der Waals surface area contributed by atoms with Gasteiger partial charge in [-0.1, -0.05) is 18.2 Å². The van der Waals surface area contributed by atoms with Gasteiger partial charge in [0, 0.05) is 12.4 Å². The molecule has 3 amide bonds. The Labute approximate surface area is 202 Å². The number of nitrogens with zero attached hydrogens (tertiary/aromatic N) is 2. The van der Waals surface area contributed by atoms with E-state index in [4.69, 9.17) is 19.9 Å². The van der Waals surface area contributed by atoms with Gasteiger partial charge in [-0.25, -0.2) is 9.78 Å². The second kappa shape index (κ2) is 10.0. The number of carbonyl (C=O) groups is 2. The zero-order valence-electron chi connectivity index (χ0n) is 19.4. The lowest BCUT2D eigenvalue weighted by Gasteiger charge is -2.23. The van der Waals surface area contributed by atoms with Crippen LogP contribution in [0, 0.1) is 0 Å². The molecular formula is C26H24N4O5. The number of anilines is 2. The fraction of sp³-hybridized carbons (Fsp3) is 0.115. The van der Waals surface area contributed by atoms with Crippen molar-refractivity contribution >= 4 is 34.2 Å². The van der Waals surface area contributed by atoms with Crippen LogP contribution < -0.4 is 30.2 Å². The van der Waals surface area contributed by atoms with Gasteiger partial charge in [-0.2, -0.15) is 0 Å². The van der Waals surface area contributed by atoms with Gasteiger partial charge >= 0.3 is 6.03 Å². The quantitative estimate of drug-likeness (QED) is 0.405. The number of methoxy groups -OCH3 is 2. The summed E-state index contributed by atoms with van der Waals surface area (Å²) in [5.41, 5.74) is 7.73. The van der Waals surface area contributed by atoms with E-state index in [-0.39, 0.29) is 11.8 Å². The minimum absolute atomic E-state index is 0.266. The second-order valence-electron chi connectivity index (χ2n) is 7.42. The molecule has 0 saturated heterocycles. The molecule has 9 nitrogen and oxygen atoms in total. The highest BCUT2D eigenvalue weighted by Crippen LogP contribution is 2.36. The molecule has 0 fully saturated rings. The molecule has 0 radical (unpaired) electrons. The summed E-state index contributed by atoms with van der Waals surface area (Å²) < 4.78 is 16.6. The van der Waals surface area contributed by atoms with Gasteiger partial charge in [0.25, 0.3) is 5.91 Å². The highest BCUT2D eigenvalue weighted by Gasteiger charge is 2.21. The number of amides is 3. The van der Waals surface area contributed by atoms with Gasteiger partial charge in [0.15, 0.2) is 0 Å². The molecule has 0 spiro atoms. The Kier molecular flexibility index (Phi) is 6.68. The first-order valence-electron chi connectivity index (χ1n) is 10.7. The number of hydrogen-bond acceptors (Lipinski definition) is 6. The van der Waals surface area contributed by atoms with Crippen molar-refractivity contribution in [3.8, 4) is 23.1 Å². The molecule has 3 N–H and O–H groups in total. The van der Waals surface area contributed by atoms with Crippen molar-refractivity contribution < 1.29 is 23.8 Å². The number of carbonyl (C=O) groups excluding carboxylic acids is 2. The SMILES string of the molecule is CNC(=O)c1cc(Oc2ccc(N(C(N)=O)c3cc4ccccc4nc3OC)cc2)ccc1OC. The fourth-order valence-corrected chi connectivity index (χ4v) is 3.64. The summed E-state index contributed by atoms with van der Waals surface area (Å²) in [6.45, 7) is 0. The Bertz CT molecular complexity index is 1390. The van der Waals surface area contributed by atoms with E-state index in [9.17, 15) is 9.59 Å². The highest BCUT2D eigenvalue weighted by molar-refractivity contribution is 6.01. The third-order valence-electron chi connectivity index (χ3n) is 5.30. The molecule has 0 atom stereocenters. The Morgan fingerprint density at radius 2 is 1.63 bits per heavy atom. The number of nitrogens with one attached hydrogen (secondary N) is 1. The Balaban J connectivity index is 1.65. The van der Waals surface area contributed by atoms with Crippen molar-refractivity contribution in [3.05, 3.63) is 78.4 Å². The minimum Gasteiger partial charge on any atom is -0.496 e. The number of hydrogen-bond donors (Lipinski definition) is 2. The van der Waals surface area contributed by atoms with E-state index in [0.29, 0.717) is 34.2 Å². The summed E-state index contributed by atoms with van der Waals surface area (Å²) in [4.78, 5) is 30.4. The van der Waals surface area contributed by atoms with Crippen LogP contribution in [0.15, 0.2) is 72.8 Å². The Morgan fingerprint density at radius 1 is 0.914 bits per heavy atom. The predicted molar refractivity (Wildman–Crippen MR) is 133 cm³/mol. The molecule has 0 saturated carbocycles. The van der Waals surface area contributed by atoms with Gasteiger partial charge < -0.3 is 25.3 Å². The number of rotatable bonds is 7. The smallest absolute Gasteiger partial charge is 0.324 e. The molecule has 0 aliphatic carbocycles. The minimum atomic E-state index is -0.695. The molecule has 1 heterocycles. The third-order valence-corrected chi connectivity index (χ3v) is 5.30. The number of nitrogens with two attached hydrogens (primary N) is 1. The van der Waals surface area contributed by atoms with Gasteiger partial charge in [-0.3, -0.25) is 9.69 Å². The van der Waals surface area contributed by atoms with E-state index in [1.54, 1.807) is 55.6 Å². The number of pyridine rings is 1. The number of aromatic nitrogens is 1. The lowest BCUT2D eigenvalue weighted by atomic mass is 10.1. The summed E-state index contributed by atoms with van der Waals surface area (Å²) in [5.74, 6) is 1.35. The summed E-state index contributed by atoms with van der Waals surface area (Å²) in [6.07, 6.45) is 0. The highest BCUT2D eigenvalue weighted by atomic mass is 16.5. The van der Waals surface area contributed by atoms with Gasteiger partial charge in [0.1, 0.15) is 22.9 Å². The number of para-hydroxylation sites is 1.